The number of benzene rings is 1. The van der Waals surface area contributed by atoms with Gasteiger partial charge in [0.15, 0.2) is 0 Å². The Bertz CT molecular complexity index is 542. The summed E-state index contributed by atoms with van der Waals surface area (Å²) in [5, 5.41) is 3.68. The number of aromatic nitrogens is 1. The third kappa shape index (κ3) is 3.26. The van der Waals surface area contributed by atoms with Gasteiger partial charge >= 0.3 is 0 Å². The first-order valence-corrected chi connectivity index (χ1v) is 8.26. The molecule has 0 spiro atoms. The van der Waals surface area contributed by atoms with Crippen LogP contribution in [-0.4, -0.2) is 34.5 Å². The van der Waals surface area contributed by atoms with Gasteiger partial charge in [-0.1, -0.05) is 30.3 Å². The van der Waals surface area contributed by atoms with Crippen molar-refractivity contribution in [1.29, 1.82) is 0 Å². The molecule has 3 nitrogen and oxygen atoms in total. The van der Waals surface area contributed by atoms with Crippen molar-refractivity contribution >= 4 is 17.3 Å². The lowest BCUT2D eigenvalue weighted by Gasteiger charge is -2.35. The van der Waals surface area contributed by atoms with Crippen LogP contribution in [0.1, 0.15) is 18.4 Å². The Kier molecular flexibility index (Phi) is 4.65. The second-order valence-corrected chi connectivity index (χ2v) is 6.29. The summed E-state index contributed by atoms with van der Waals surface area (Å²) in [4.78, 5) is 6.48. The Morgan fingerprint density at radius 2 is 2.00 bits per heavy atom. The second-order valence-electron chi connectivity index (χ2n) is 6.05. The third-order valence-electron chi connectivity index (χ3n) is 4.64. The number of alkyl halides is 1. The average molecular weight is 316 g/mol. The Morgan fingerprint density at radius 1 is 1.23 bits per heavy atom. The van der Waals surface area contributed by atoms with E-state index in [1.807, 2.05) is 12.3 Å². The Morgan fingerprint density at radius 3 is 2.59 bits per heavy atom. The van der Waals surface area contributed by atoms with E-state index in [9.17, 15) is 0 Å². The van der Waals surface area contributed by atoms with E-state index < -0.39 is 0 Å². The average Bonchev–Trinajstić information content (AvgIpc) is 3.37. The zero-order chi connectivity index (χ0) is 15.4. The first-order valence-electron chi connectivity index (χ1n) is 7.72. The van der Waals surface area contributed by atoms with Crippen LogP contribution in [-0.2, 0) is 6.42 Å². The summed E-state index contributed by atoms with van der Waals surface area (Å²) >= 11 is 6.11. The van der Waals surface area contributed by atoms with E-state index in [2.05, 4.69) is 58.6 Å². The van der Waals surface area contributed by atoms with Gasteiger partial charge in [-0.3, -0.25) is 9.88 Å². The van der Waals surface area contributed by atoms with E-state index in [0.29, 0.717) is 12.0 Å². The standard InChI is InChI=1S/C18H22ClN3/c1-22(14-19)18(9-10-18)17(12-15-6-3-2-4-7-15)21-16-8-5-11-20-13-16/h2-8,11,13,17,21H,9-10,12,14H2,1H3. The van der Waals surface area contributed by atoms with Crippen LogP contribution in [0.3, 0.4) is 0 Å². The summed E-state index contributed by atoms with van der Waals surface area (Å²) in [5.41, 5.74) is 2.56. The van der Waals surface area contributed by atoms with Crippen molar-refractivity contribution in [1.82, 2.24) is 9.88 Å². The Balaban J connectivity index is 1.82. The van der Waals surface area contributed by atoms with E-state index in [4.69, 9.17) is 11.6 Å². The summed E-state index contributed by atoms with van der Waals surface area (Å²) in [5.74, 6) is 0. The molecule has 1 fully saturated rings. The predicted molar refractivity (Wildman–Crippen MR) is 92.2 cm³/mol. The van der Waals surface area contributed by atoms with Crippen LogP contribution in [0.5, 0.6) is 0 Å². The Labute approximate surface area is 137 Å². The van der Waals surface area contributed by atoms with Gasteiger partial charge in [-0.2, -0.15) is 0 Å². The monoisotopic (exact) mass is 315 g/mol. The van der Waals surface area contributed by atoms with Crippen LogP contribution >= 0.6 is 11.6 Å². The zero-order valence-corrected chi connectivity index (χ0v) is 13.6. The molecule has 1 N–H and O–H groups in total. The van der Waals surface area contributed by atoms with Gasteiger partial charge in [0.05, 0.1) is 11.7 Å². The smallest absolute Gasteiger partial charge is 0.0741 e. The lowest BCUT2D eigenvalue weighted by Crippen LogP contribution is -2.48. The first kappa shape index (κ1) is 15.3. The van der Waals surface area contributed by atoms with Crippen molar-refractivity contribution < 1.29 is 0 Å². The highest BCUT2D eigenvalue weighted by atomic mass is 35.5. The highest BCUT2D eigenvalue weighted by Crippen LogP contribution is 2.46. The number of likely N-dealkylation sites (N-methyl/N-ethyl adjacent to an activating group) is 1. The minimum Gasteiger partial charge on any atom is -0.379 e. The van der Waals surface area contributed by atoms with Crippen molar-refractivity contribution in [2.45, 2.75) is 30.8 Å². The second kappa shape index (κ2) is 6.67. The van der Waals surface area contributed by atoms with Gasteiger partial charge in [0.2, 0.25) is 0 Å². The molecule has 116 valence electrons. The van der Waals surface area contributed by atoms with Crippen molar-refractivity contribution in [2.24, 2.45) is 0 Å². The number of hydrogen-bond acceptors (Lipinski definition) is 3. The number of pyridine rings is 1. The van der Waals surface area contributed by atoms with E-state index in [1.54, 1.807) is 6.20 Å². The highest BCUT2D eigenvalue weighted by molar-refractivity contribution is 6.17. The highest BCUT2D eigenvalue weighted by Gasteiger charge is 2.52. The van der Waals surface area contributed by atoms with E-state index in [1.165, 1.54) is 18.4 Å². The molecule has 1 aromatic carbocycles. The summed E-state index contributed by atoms with van der Waals surface area (Å²) in [6.45, 7) is 0. The lowest BCUT2D eigenvalue weighted by molar-refractivity contribution is 0.226. The first-order chi connectivity index (χ1) is 10.7. The van der Waals surface area contributed by atoms with Crippen LogP contribution in [0, 0.1) is 0 Å². The van der Waals surface area contributed by atoms with Gasteiger partial charge in [-0.05, 0) is 44.0 Å². The lowest BCUT2D eigenvalue weighted by atomic mass is 9.96. The fourth-order valence-corrected chi connectivity index (χ4v) is 3.36. The Hall–Kier alpha value is -1.58. The van der Waals surface area contributed by atoms with Crippen LogP contribution in [0.4, 0.5) is 5.69 Å². The van der Waals surface area contributed by atoms with Gasteiger partial charge in [-0.15, -0.1) is 11.6 Å². The quantitative estimate of drug-likeness (QED) is 0.623. The van der Waals surface area contributed by atoms with Crippen molar-refractivity contribution in [2.75, 3.05) is 18.4 Å². The minimum atomic E-state index is 0.146. The summed E-state index contributed by atoms with van der Waals surface area (Å²) in [7, 11) is 2.11. The van der Waals surface area contributed by atoms with Crippen LogP contribution < -0.4 is 5.32 Å². The SMILES string of the molecule is CN(CCl)C1(C(Cc2ccccc2)Nc2cccnc2)CC1. The molecule has 1 aliphatic rings. The number of halogens is 1. The number of anilines is 1. The molecule has 1 saturated carbocycles. The third-order valence-corrected chi connectivity index (χ3v) is 4.99. The molecule has 3 rings (SSSR count). The fraction of sp³-hybridized carbons (Fsp3) is 0.389. The molecule has 1 aliphatic carbocycles. The number of nitrogens with one attached hydrogen (secondary N) is 1. The molecule has 1 unspecified atom stereocenters. The molecule has 4 heteroatoms. The predicted octanol–water partition coefficient (Wildman–Crippen LogP) is 3.77. The van der Waals surface area contributed by atoms with Gasteiger partial charge in [0.25, 0.3) is 0 Å². The topological polar surface area (TPSA) is 28.2 Å². The maximum absolute atomic E-state index is 6.11. The molecule has 0 radical (unpaired) electrons. The molecule has 22 heavy (non-hydrogen) atoms. The summed E-state index contributed by atoms with van der Waals surface area (Å²) < 4.78 is 0. The molecule has 1 atom stereocenters. The molecular formula is C18H22ClN3. The van der Waals surface area contributed by atoms with Crippen molar-refractivity contribution in [3.05, 3.63) is 60.4 Å². The van der Waals surface area contributed by atoms with Gasteiger partial charge in [0, 0.05) is 24.0 Å². The molecular weight excluding hydrogens is 294 g/mol. The van der Waals surface area contributed by atoms with Gasteiger partial charge in [-0.25, -0.2) is 0 Å². The summed E-state index contributed by atoms with van der Waals surface area (Å²) in [6, 6.07) is 15.5. The van der Waals surface area contributed by atoms with E-state index >= 15 is 0 Å². The molecule has 0 amide bonds. The molecule has 1 aromatic heterocycles. The van der Waals surface area contributed by atoms with Crippen molar-refractivity contribution in [3.63, 3.8) is 0 Å². The van der Waals surface area contributed by atoms with Crippen LogP contribution in [0.25, 0.3) is 0 Å². The summed E-state index contributed by atoms with van der Waals surface area (Å²) in [6.07, 6.45) is 7.03. The molecule has 0 bridgehead atoms. The number of hydrogen-bond donors (Lipinski definition) is 1. The molecule has 0 saturated heterocycles. The van der Waals surface area contributed by atoms with Crippen molar-refractivity contribution in [3.8, 4) is 0 Å². The fourth-order valence-electron chi connectivity index (χ4n) is 3.12. The zero-order valence-electron chi connectivity index (χ0n) is 12.9. The van der Waals surface area contributed by atoms with E-state index in [-0.39, 0.29) is 5.54 Å². The minimum absolute atomic E-state index is 0.146. The maximum Gasteiger partial charge on any atom is 0.0741 e. The molecule has 1 heterocycles. The number of rotatable bonds is 7. The largest absolute Gasteiger partial charge is 0.379 e. The van der Waals surface area contributed by atoms with Gasteiger partial charge in [0.1, 0.15) is 0 Å². The molecule has 0 aliphatic heterocycles. The van der Waals surface area contributed by atoms with Crippen LogP contribution in [0.15, 0.2) is 54.9 Å². The maximum atomic E-state index is 6.11. The molecule has 2 aromatic rings. The van der Waals surface area contributed by atoms with Crippen LogP contribution in [0.2, 0.25) is 0 Å². The normalized spacial score (nSPS) is 17.2. The number of nitrogens with zero attached hydrogens (tertiary/aromatic N) is 2. The van der Waals surface area contributed by atoms with E-state index in [0.717, 1.165) is 12.1 Å². The van der Waals surface area contributed by atoms with Gasteiger partial charge < -0.3 is 5.32 Å².